The van der Waals surface area contributed by atoms with Crippen LogP contribution in [0.15, 0.2) is 30.3 Å². The summed E-state index contributed by atoms with van der Waals surface area (Å²) in [5.41, 5.74) is 0.907. The Bertz CT molecular complexity index is 778. The topological polar surface area (TPSA) is 79.0 Å². The molecule has 2 saturated heterocycles. The summed E-state index contributed by atoms with van der Waals surface area (Å²) in [7, 11) is -3.01. The molecule has 0 aliphatic carbocycles. The van der Waals surface area contributed by atoms with Crippen molar-refractivity contribution in [1.82, 2.24) is 15.1 Å². The van der Waals surface area contributed by atoms with Crippen LogP contribution in [-0.4, -0.2) is 87.6 Å². The summed E-state index contributed by atoms with van der Waals surface area (Å²) >= 11 is 0. The molecule has 31 heavy (non-hydrogen) atoms. The van der Waals surface area contributed by atoms with Gasteiger partial charge in [-0.3, -0.25) is 14.6 Å². The molecule has 1 aromatic rings. The van der Waals surface area contributed by atoms with Crippen molar-refractivity contribution in [2.24, 2.45) is 5.92 Å². The third kappa shape index (κ3) is 6.51. The van der Waals surface area contributed by atoms with E-state index in [1.54, 1.807) is 0 Å². The Morgan fingerprint density at radius 1 is 1.00 bits per heavy atom. The van der Waals surface area contributed by atoms with E-state index in [1.165, 1.54) is 0 Å². The number of benzene rings is 1. The van der Waals surface area contributed by atoms with E-state index in [1.807, 2.05) is 35.2 Å². The van der Waals surface area contributed by atoms with Crippen LogP contribution in [0.3, 0.4) is 0 Å². The summed E-state index contributed by atoms with van der Waals surface area (Å²) < 4.78 is 29.4. The standard InChI is InChI=1S/C23H37N3O4S/c1-3-19(4-2)21(25-10-14-30-15-11-25)18-24-23(27)22(20-8-6-5-7-9-20)26-12-16-31(28,29)17-13-26/h5-9,19,21-22H,3-4,10-18H2,1-2H3,(H,24,27). The van der Waals surface area contributed by atoms with Crippen LogP contribution in [-0.2, 0) is 19.4 Å². The molecule has 2 atom stereocenters. The summed E-state index contributed by atoms with van der Waals surface area (Å²) in [5, 5.41) is 3.23. The van der Waals surface area contributed by atoms with Crippen LogP contribution >= 0.6 is 0 Å². The van der Waals surface area contributed by atoms with Crippen LogP contribution in [0.2, 0.25) is 0 Å². The van der Waals surface area contributed by atoms with Crippen molar-refractivity contribution in [2.75, 3.05) is 57.4 Å². The van der Waals surface area contributed by atoms with Crippen molar-refractivity contribution in [3.63, 3.8) is 0 Å². The molecule has 1 amide bonds. The highest BCUT2D eigenvalue weighted by Gasteiger charge is 2.34. The van der Waals surface area contributed by atoms with E-state index in [2.05, 4.69) is 24.1 Å². The highest BCUT2D eigenvalue weighted by atomic mass is 32.2. The second-order valence-corrected chi connectivity index (χ2v) is 10.8. The lowest BCUT2D eigenvalue weighted by Gasteiger charge is -2.39. The quantitative estimate of drug-likeness (QED) is 0.616. The Balaban J connectivity index is 1.74. The molecule has 0 bridgehead atoms. The first kappa shape index (κ1) is 24.2. The number of nitrogens with zero attached hydrogens (tertiary/aromatic N) is 2. The van der Waals surface area contributed by atoms with Gasteiger partial charge in [0.2, 0.25) is 5.91 Å². The number of morpholine rings is 1. The maximum Gasteiger partial charge on any atom is 0.242 e. The first-order chi connectivity index (χ1) is 14.9. The van der Waals surface area contributed by atoms with Gasteiger partial charge >= 0.3 is 0 Å². The molecule has 0 spiro atoms. The van der Waals surface area contributed by atoms with E-state index in [4.69, 9.17) is 4.74 Å². The fourth-order valence-electron chi connectivity index (χ4n) is 4.79. The van der Waals surface area contributed by atoms with Crippen molar-refractivity contribution in [2.45, 2.75) is 38.8 Å². The van der Waals surface area contributed by atoms with E-state index in [0.717, 1.165) is 44.7 Å². The number of amides is 1. The highest BCUT2D eigenvalue weighted by Crippen LogP contribution is 2.24. The van der Waals surface area contributed by atoms with E-state index in [9.17, 15) is 13.2 Å². The van der Waals surface area contributed by atoms with Gasteiger partial charge in [-0.1, -0.05) is 57.0 Å². The Morgan fingerprint density at radius 2 is 1.61 bits per heavy atom. The molecular weight excluding hydrogens is 414 g/mol. The van der Waals surface area contributed by atoms with Gasteiger partial charge in [0.1, 0.15) is 6.04 Å². The minimum absolute atomic E-state index is 0.0466. The van der Waals surface area contributed by atoms with E-state index >= 15 is 0 Å². The van der Waals surface area contributed by atoms with E-state index < -0.39 is 15.9 Å². The highest BCUT2D eigenvalue weighted by molar-refractivity contribution is 7.91. The second-order valence-electron chi connectivity index (χ2n) is 8.54. The number of hydrogen-bond acceptors (Lipinski definition) is 6. The summed E-state index contributed by atoms with van der Waals surface area (Å²) in [6.07, 6.45) is 2.14. The zero-order valence-corrected chi connectivity index (χ0v) is 19.6. The Hall–Kier alpha value is -1.48. The maximum atomic E-state index is 13.4. The molecular formula is C23H37N3O4S. The molecule has 0 aromatic heterocycles. The van der Waals surface area contributed by atoms with E-state index in [-0.39, 0.29) is 23.5 Å². The Kier molecular flexibility index (Phi) is 8.89. The third-order valence-electron chi connectivity index (χ3n) is 6.70. The van der Waals surface area contributed by atoms with Crippen LogP contribution in [0, 0.1) is 5.92 Å². The summed E-state index contributed by atoms with van der Waals surface area (Å²) in [6, 6.07) is 9.50. The van der Waals surface area contributed by atoms with Gasteiger partial charge in [-0.2, -0.15) is 0 Å². The number of rotatable bonds is 9. The van der Waals surface area contributed by atoms with Crippen LogP contribution in [0.1, 0.15) is 38.3 Å². The van der Waals surface area contributed by atoms with Crippen molar-refractivity contribution in [3.05, 3.63) is 35.9 Å². The molecule has 2 aliphatic heterocycles. The van der Waals surface area contributed by atoms with Crippen molar-refractivity contribution < 1.29 is 17.9 Å². The lowest BCUT2D eigenvalue weighted by Crippen LogP contribution is -2.54. The van der Waals surface area contributed by atoms with Gasteiger partial charge in [-0.25, -0.2) is 8.42 Å². The molecule has 0 saturated carbocycles. The van der Waals surface area contributed by atoms with Crippen LogP contribution in [0.4, 0.5) is 0 Å². The molecule has 2 aliphatic rings. The van der Waals surface area contributed by atoms with Gasteiger partial charge in [0.05, 0.1) is 24.7 Å². The smallest absolute Gasteiger partial charge is 0.242 e. The Morgan fingerprint density at radius 3 is 2.19 bits per heavy atom. The fraction of sp³-hybridized carbons (Fsp3) is 0.696. The normalized spacial score (nSPS) is 22.2. The van der Waals surface area contributed by atoms with Crippen molar-refractivity contribution in [3.8, 4) is 0 Å². The molecule has 7 nitrogen and oxygen atoms in total. The van der Waals surface area contributed by atoms with Gasteiger partial charge in [0, 0.05) is 38.8 Å². The average Bonchev–Trinajstić information content (AvgIpc) is 2.79. The molecule has 8 heteroatoms. The maximum absolute atomic E-state index is 13.4. The van der Waals surface area contributed by atoms with Crippen LogP contribution in [0.5, 0.6) is 0 Å². The number of hydrogen-bond donors (Lipinski definition) is 1. The minimum atomic E-state index is -3.01. The molecule has 2 fully saturated rings. The van der Waals surface area contributed by atoms with Gasteiger partial charge in [-0.15, -0.1) is 0 Å². The molecule has 174 valence electrons. The monoisotopic (exact) mass is 451 g/mol. The zero-order chi connectivity index (χ0) is 22.3. The summed E-state index contributed by atoms with van der Waals surface area (Å²) in [6.45, 7) is 9.05. The lowest BCUT2D eigenvalue weighted by atomic mass is 9.92. The summed E-state index contributed by atoms with van der Waals surface area (Å²) in [4.78, 5) is 17.9. The first-order valence-corrected chi connectivity index (χ1v) is 13.4. The number of nitrogens with one attached hydrogen (secondary N) is 1. The average molecular weight is 452 g/mol. The van der Waals surface area contributed by atoms with Gasteiger partial charge in [0.25, 0.3) is 0 Å². The van der Waals surface area contributed by atoms with Gasteiger partial charge in [0.15, 0.2) is 9.84 Å². The third-order valence-corrected chi connectivity index (χ3v) is 8.31. The number of ether oxygens (including phenoxy) is 1. The number of carbonyl (C=O) groups is 1. The summed E-state index contributed by atoms with van der Waals surface area (Å²) in [5.74, 6) is 0.671. The molecule has 1 N–H and O–H groups in total. The lowest BCUT2D eigenvalue weighted by molar-refractivity contribution is -0.127. The predicted octanol–water partition coefficient (Wildman–Crippen LogP) is 1.71. The van der Waals surface area contributed by atoms with Crippen LogP contribution in [0.25, 0.3) is 0 Å². The number of sulfone groups is 1. The van der Waals surface area contributed by atoms with Crippen LogP contribution < -0.4 is 5.32 Å². The predicted molar refractivity (Wildman–Crippen MR) is 123 cm³/mol. The zero-order valence-electron chi connectivity index (χ0n) is 18.8. The molecule has 2 unspecified atom stereocenters. The fourth-order valence-corrected chi connectivity index (χ4v) is 6.02. The SMILES string of the molecule is CCC(CC)C(CNC(=O)C(c1ccccc1)N1CCS(=O)(=O)CC1)N1CCOCC1. The van der Waals surface area contributed by atoms with Gasteiger partial charge < -0.3 is 10.1 Å². The molecule has 2 heterocycles. The molecule has 0 radical (unpaired) electrons. The Labute approximate surface area is 187 Å². The van der Waals surface area contributed by atoms with Crippen molar-refractivity contribution >= 4 is 15.7 Å². The largest absolute Gasteiger partial charge is 0.379 e. The molecule has 3 rings (SSSR count). The minimum Gasteiger partial charge on any atom is -0.379 e. The number of carbonyl (C=O) groups excluding carboxylic acids is 1. The van der Waals surface area contributed by atoms with Crippen molar-refractivity contribution in [1.29, 1.82) is 0 Å². The molecule has 1 aromatic carbocycles. The second kappa shape index (κ2) is 11.4. The van der Waals surface area contributed by atoms with Gasteiger partial charge in [-0.05, 0) is 11.5 Å². The van der Waals surface area contributed by atoms with E-state index in [0.29, 0.717) is 25.6 Å². The first-order valence-electron chi connectivity index (χ1n) is 11.5.